The normalized spacial score (nSPS) is 10.8. The SMILES string of the molecule is Cc1n[nH]c(=O)c2c(NC(=O)CCl)oc(C)c12. The first kappa shape index (κ1) is 11.7. The molecule has 0 spiro atoms. The number of nitrogens with zero attached hydrogens (tertiary/aromatic N) is 1. The van der Waals surface area contributed by atoms with E-state index in [1.165, 1.54) is 0 Å². The smallest absolute Gasteiger partial charge is 0.277 e. The van der Waals surface area contributed by atoms with Crippen molar-refractivity contribution in [3.63, 3.8) is 0 Å². The molecule has 0 fully saturated rings. The van der Waals surface area contributed by atoms with Crippen LogP contribution in [0, 0.1) is 13.8 Å². The number of furan rings is 1. The molecule has 2 heterocycles. The molecular formula is C10H10ClN3O3. The Balaban J connectivity index is 2.70. The van der Waals surface area contributed by atoms with Crippen LogP contribution in [0.5, 0.6) is 0 Å². The lowest BCUT2D eigenvalue weighted by Gasteiger charge is -1.98. The molecule has 0 bridgehead atoms. The number of halogens is 1. The Labute approximate surface area is 101 Å². The monoisotopic (exact) mass is 255 g/mol. The van der Waals surface area contributed by atoms with Crippen LogP contribution in [0.15, 0.2) is 9.21 Å². The number of fused-ring (bicyclic) bond motifs is 1. The molecule has 0 aliphatic carbocycles. The molecule has 0 unspecified atom stereocenters. The van der Waals surface area contributed by atoms with Crippen LogP contribution in [0.3, 0.4) is 0 Å². The summed E-state index contributed by atoms with van der Waals surface area (Å²) < 4.78 is 5.35. The van der Waals surface area contributed by atoms with Gasteiger partial charge in [-0.25, -0.2) is 5.10 Å². The second kappa shape index (κ2) is 4.21. The summed E-state index contributed by atoms with van der Waals surface area (Å²) in [5.41, 5.74) is 0.222. The van der Waals surface area contributed by atoms with Crippen molar-refractivity contribution in [1.82, 2.24) is 10.2 Å². The van der Waals surface area contributed by atoms with Crippen LogP contribution in [0.1, 0.15) is 11.5 Å². The fourth-order valence-corrected chi connectivity index (χ4v) is 1.76. The molecule has 2 N–H and O–H groups in total. The molecule has 2 rings (SSSR count). The van der Waals surface area contributed by atoms with Crippen LogP contribution in [0.4, 0.5) is 5.88 Å². The van der Waals surface area contributed by atoms with Gasteiger partial charge in [0.2, 0.25) is 11.8 Å². The van der Waals surface area contributed by atoms with E-state index in [9.17, 15) is 9.59 Å². The lowest BCUT2D eigenvalue weighted by molar-refractivity contribution is -0.114. The molecule has 0 radical (unpaired) electrons. The van der Waals surface area contributed by atoms with Crippen LogP contribution in [0.2, 0.25) is 0 Å². The predicted molar refractivity (Wildman–Crippen MR) is 63.5 cm³/mol. The average Bonchev–Trinajstić information content (AvgIpc) is 2.62. The summed E-state index contributed by atoms with van der Waals surface area (Å²) >= 11 is 5.38. The zero-order chi connectivity index (χ0) is 12.6. The van der Waals surface area contributed by atoms with Crippen LogP contribution in [0.25, 0.3) is 10.8 Å². The Kier molecular flexibility index (Phi) is 2.89. The third-order valence-corrected chi connectivity index (χ3v) is 2.62. The van der Waals surface area contributed by atoms with Gasteiger partial charge in [-0.2, -0.15) is 5.10 Å². The number of aromatic nitrogens is 2. The molecule has 1 amide bonds. The fourth-order valence-electron chi connectivity index (χ4n) is 1.69. The summed E-state index contributed by atoms with van der Waals surface area (Å²) in [7, 11) is 0. The van der Waals surface area contributed by atoms with Crippen molar-refractivity contribution in [2.24, 2.45) is 0 Å². The largest absolute Gasteiger partial charge is 0.444 e. The molecule has 0 aliphatic rings. The van der Waals surface area contributed by atoms with Gasteiger partial charge in [0.15, 0.2) is 0 Å². The van der Waals surface area contributed by atoms with Gasteiger partial charge in [-0.3, -0.25) is 14.9 Å². The first-order valence-electron chi connectivity index (χ1n) is 4.88. The maximum atomic E-state index is 11.7. The highest BCUT2D eigenvalue weighted by atomic mass is 35.5. The number of nitrogens with one attached hydrogen (secondary N) is 2. The van der Waals surface area contributed by atoms with E-state index in [0.717, 1.165) is 0 Å². The Hall–Kier alpha value is -1.82. The van der Waals surface area contributed by atoms with Crippen molar-refractivity contribution in [3.8, 4) is 0 Å². The van der Waals surface area contributed by atoms with Crippen molar-refractivity contribution in [1.29, 1.82) is 0 Å². The third-order valence-electron chi connectivity index (χ3n) is 2.37. The lowest BCUT2D eigenvalue weighted by Crippen LogP contribution is -2.15. The van der Waals surface area contributed by atoms with E-state index in [0.29, 0.717) is 16.8 Å². The highest BCUT2D eigenvalue weighted by Gasteiger charge is 2.18. The van der Waals surface area contributed by atoms with Gasteiger partial charge in [0.1, 0.15) is 17.0 Å². The number of carbonyl (C=O) groups excluding carboxylic acids is 1. The highest BCUT2D eigenvalue weighted by Crippen LogP contribution is 2.28. The summed E-state index contributed by atoms with van der Waals surface area (Å²) in [4.78, 5) is 22.9. The van der Waals surface area contributed by atoms with E-state index in [1.807, 2.05) is 0 Å². The predicted octanol–water partition coefficient (Wildman–Crippen LogP) is 1.31. The number of hydrogen-bond acceptors (Lipinski definition) is 4. The van der Waals surface area contributed by atoms with Gasteiger partial charge in [-0.05, 0) is 13.8 Å². The van der Waals surface area contributed by atoms with Gasteiger partial charge >= 0.3 is 0 Å². The number of hydrogen-bond donors (Lipinski definition) is 2. The van der Waals surface area contributed by atoms with Gasteiger partial charge < -0.3 is 4.42 Å². The van der Waals surface area contributed by atoms with Gasteiger partial charge in [0.05, 0.1) is 11.1 Å². The summed E-state index contributed by atoms with van der Waals surface area (Å²) in [6, 6.07) is 0. The molecule has 2 aromatic heterocycles. The summed E-state index contributed by atoms with van der Waals surface area (Å²) in [5, 5.41) is 9.52. The first-order chi connectivity index (χ1) is 8.04. The Morgan fingerprint density at radius 2 is 2.18 bits per heavy atom. The lowest BCUT2D eigenvalue weighted by atomic mass is 10.2. The number of H-pyrrole nitrogens is 1. The fraction of sp³-hybridized carbons (Fsp3) is 0.300. The van der Waals surface area contributed by atoms with E-state index < -0.39 is 11.5 Å². The van der Waals surface area contributed by atoms with Crippen LogP contribution in [-0.2, 0) is 4.79 Å². The number of aryl methyl sites for hydroxylation is 2. The first-order valence-corrected chi connectivity index (χ1v) is 5.42. The van der Waals surface area contributed by atoms with Crippen molar-refractivity contribution in [2.45, 2.75) is 13.8 Å². The minimum Gasteiger partial charge on any atom is -0.444 e. The molecule has 0 aromatic carbocycles. The standard InChI is InChI=1S/C10H10ClN3O3/c1-4-7-5(2)17-10(12-6(15)3-11)8(7)9(16)14-13-4/h3H2,1-2H3,(H,12,15)(H,14,16). The van der Waals surface area contributed by atoms with Gasteiger partial charge in [-0.15, -0.1) is 11.6 Å². The summed E-state index contributed by atoms with van der Waals surface area (Å²) in [6.45, 7) is 3.45. The molecule has 17 heavy (non-hydrogen) atoms. The zero-order valence-corrected chi connectivity index (χ0v) is 10.0. The van der Waals surface area contributed by atoms with Gasteiger partial charge in [0, 0.05) is 0 Å². The molecule has 90 valence electrons. The third kappa shape index (κ3) is 1.91. The molecule has 7 heteroatoms. The second-order valence-electron chi connectivity index (χ2n) is 3.56. The second-order valence-corrected chi connectivity index (χ2v) is 3.82. The van der Waals surface area contributed by atoms with Gasteiger partial charge in [0.25, 0.3) is 5.56 Å². The van der Waals surface area contributed by atoms with Crippen molar-refractivity contribution in [2.75, 3.05) is 11.2 Å². The summed E-state index contributed by atoms with van der Waals surface area (Å²) in [5.74, 6) is -0.00417. The van der Waals surface area contributed by atoms with Crippen molar-refractivity contribution in [3.05, 3.63) is 21.8 Å². The van der Waals surface area contributed by atoms with E-state index in [-0.39, 0.29) is 17.2 Å². The Morgan fingerprint density at radius 1 is 1.47 bits per heavy atom. The van der Waals surface area contributed by atoms with E-state index >= 15 is 0 Å². The van der Waals surface area contributed by atoms with Crippen LogP contribution >= 0.6 is 11.6 Å². The Bertz CT molecular complexity index is 644. The molecule has 0 saturated heterocycles. The number of amides is 1. The molecular weight excluding hydrogens is 246 g/mol. The molecule has 6 nitrogen and oxygen atoms in total. The molecule has 0 atom stereocenters. The van der Waals surface area contributed by atoms with Crippen LogP contribution < -0.4 is 10.9 Å². The maximum Gasteiger partial charge on any atom is 0.277 e. The highest BCUT2D eigenvalue weighted by molar-refractivity contribution is 6.29. The van der Waals surface area contributed by atoms with Crippen molar-refractivity contribution < 1.29 is 9.21 Å². The van der Waals surface area contributed by atoms with Crippen LogP contribution in [-0.4, -0.2) is 22.0 Å². The number of aromatic amines is 1. The van der Waals surface area contributed by atoms with Crippen molar-refractivity contribution >= 4 is 34.2 Å². The number of alkyl halides is 1. The van der Waals surface area contributed by atoms with E-state index in [4.69, 9.17) is 16.0 Å². The zero-order valence-electron chi connectivity index (χ0n) is 9.26. The van der Waals surface area contributed by atoms with Gasteiger partial charge in [-0.1, -0.05) is 0 Å². The minimum atomic E-state index is -0.434. The number of carbonyl (C=O) groups is 1. The molecule has 0 aliphatic heterocycles. The molecule has 0 saturated carbocycles. The topological polar surface area (TPSA) is 88.0 Å². The average molecular weight is 256 g/mol. The maximum absolute atomic E-state index is 11.7. The molecule has 2 aromatic rings. The minimum absolute atomic E-state index is 0.106. The van der Waals surface area contributed by atoms with E-state index in [2.05, 4.69) is 15.5 Å². The number of anilines is 1. The number of rotatable bonds is 2. The van der Waals surface area contributed by atoms with E-state index in [1.54, 1.807) is 13.8 Å². The summed E-state index contributed by atoms with van der Waals surface area (Å²) in [6.07, 6.45) is 0. The Morgan fingerprint density at radius 3 is 2.82 bits per heavy atom. The quantitative estimate of drug-likeness (QED) is 0.792.